The monoisotopic (exact) mass is 434 g/mol. The molecule has 2 aromatic heterocycles. The number of aromatic nitrogens is 3. The lowest BCUT2D eigenvalue weighted by atomic mass is 9.96. The number of hydrogen-bond donors (Lipinski definition) is 1. The molecule has 0 spiro atoms. The SMILES string of the molecule is Cn1cnnc1Sc1ccccc1NC(=O)COc1ccc2oc3c(c2c1)CCCC3. The fourth-order valence-corrected chi connectivity index (χ4v) is 4.64. The van der Waals surface area contributed by atoms with Gasteiger partial charge in [0.2, 0.25) is 0 Å². The second-order valence-electron chi connectivity index (χ2n) is 7.53. The molecular formula is C23H22N4O3S. The Hall–Kier alpha value is -3.26. The van der Waals surface area contributed by atoms with Gasteiger partial charge in [-0.25, -0.2) is 0 Å². The van der Waals surface area contributed by atoms with Crippen LogP contribution in [0.25, 0.3) is 11.0 Å². The fraction of sp³-hybridized carbons (Fsp3) is 0.261. The van der Waals surface area contributed by atoms with E-state index in [1.54, 1.807) is 6.33 Å². The summed E-state index contributed by atoms with van der Waals surface area (Å²) in [5, 5.41) is 12.8. The molecule has 0 aliphatic heterocycles. The van der Waals surface area contributed by atoms with Crippen LogP contribution in [0.5, 0.6) is 5.75 Å². The predicted molar refractivity (Wildman–Crippen MR) is 119 cm³/mol. The molecule has 0 radical (unpaired) electrons. The van der Waals surface area contributed by atoms with Crippen molar-refractivity contribution in [3.05, 3.63) is 60.1 Å². The summed E-state index contributed by atoms with van der Waals surface area (Å²) >= 11 is 1.44. The first-order valence-corrected chi connectivity index (χ1v) is 11.1. The number of benzene rings is 2. The van der Waals surface area contributed by atoms with E-state index < -0.39 is 0 Å². The van der Waals surface area contributed by atoms with Crippen LogP contribution >= 0.6 is 11.8 Å². The number of hydrogen-bond acceptors (Lipinski definition) is 6. The standard InChI is InChI=1S/C23H22N4O3S/c1-27-14-24-26-23(27)31-21-9-5-3-7-18(21)25-22(28)13-29-15-10-11-20-17(12-15)16-6-2-4-8-19(16)30-20/h3,5,7,9-12,14H,2,4,6,8,13H2,1H3,(H,25,28). The second kappa shape index (κ2) is 8.47. The van der Waals surface area contributed by atoms with Crippen molar-refractivity contribution in [3.8, 4) is 5.75 Å². The highest BCUT2D eigenvalue weighted by Crippen LogP contribution is 2.34. The van der Waals surface area contributed by atoms with Crippen LogP contribution < -0.4 is 10.1 Å². The first kappa shape index (κ1) is 19.7. The molecule has 158 valence electrons. The highest BCUT2D eigenvalue weighted by Gasteiger charge is 2.18. The molecule has 1 aliphatic rings. The zero-order valence-electron chi connectivity index (χ0n) is 17.1. The number of para-hydroxylation sites is 1. The Morgan fingerprint density at radius 3 is 2.97 bits per heavy atom. The van der Waals surface area contributed by atoms with Crippen molar-refractivity contribution in [1.29, 1.82) is 0 Å². The van der Waals surface area contributed by atoms with Crippen LogP contribution in [0.2, 0.25) is 0 Å². The molecule has 2 heterocycles. The van der Waals surface area contributed by atoms with Crippen LogP contribution in [0, 0.1) is 0 Å². The summed E-state index contributed by atoms with van der Waals surface area (Å²) in [4.78, 5) is 13.4. The minimum Gasteiger partial charge on any atom is -0.484 e. The Morgan fingerprint density at radius 2 is 2.10 bits per heavy atom. The number of carbonyl (C=O) groups is 1. The molecular weight excluding hydrogens is 412 g/mol. The molecule has 1 aliphatic carbocycles. The molecule has 1 N–H and O–H groups in total. The number of ether oxygens (including phenoxy) is 1. The van der Waals surface area contributed by atoms with Gasteiger partial charge in [-0.3, -0.25) is 4.79 Å². The van der Waals surface area contributed by atoms with Crippen LogP contribution in [-0.4, -0.2) is 27.3 Å². The minimum atomic E-state index is -0.222. The number of anilines is 1. The van der Waals surface area contributed by atoms with Crippen molar-refractivity contribution in [3.63, 3.8) is 0 Å². The molecule has 0 unspecified atom stereocenters. The van der Waals surface area contributed by atoms with Crippen LogP contribution in [-0.2, 0) is 24.7 Å². The Labute approximate surface area is 183 Å². The van der Waals surface area contributed by atoms with E-state index in [9.17, 15) is 4.79 Å². The normalized spacial score (nSPS) is 13.2. The third-order valence-corrected chi connectivity index (χ3v) is 6.46. The molecule has 4 aromatic rings. The van der Waals surface area contributed by atoms with E-state index in [0.29, 0.717) is 11.4 Å². The third-order valence-electron chi connectivity index (χ3n) is 5.33. The Morgan fingerprint density at radius 1 is 1.23 bits per heavy atom. The summed E-state index contributed by atoms with van der Waals surface area (Å²) in [7, 11) is 1.88. The van der Waals surface area contributed by atoms with Gasteiger partial charge in [0, 0.05) is 29.3 Å². The van der Waals surface area contributed by atoms with E-state index in [4.69, 9.17) is 9.15 Å². The maximum Gasteiger partial charge on any atom is 0.262 e. The van der Waals surface area contributed by atoms with Crippen molar-refractivity contribution < 1.29 is 13.9 Å². The average molecular weight is 435 g/mol. The second-order valence-corrected chi connectivity index (χ2v) is 8.54. The predicted octanol–water partition coefficient (Wildman–Crippen LogP) is 4.61. The van der Waals surface area contributed by atoms with Gasteiger partial charge in [0.05, 0.1) is 5.69 Å². The van der Waals surface area contributed by atoms with Crippen LogP contribution in [0.1, 0.15) is 24.2 Å². The van der Waals surface area contributed by atoms with Crippen molar-refractivity contribution in [2.24, 2.45) is 7.05 Å². The number of amides is 1. The number of nitrogens with zero attached hydrogens (tertiary/aromatic N) is 3. The lowest BCUT2D eigenvalue weighted by Gasteiger charge is -2.11. The molecule has 0 fully saturated rings. The van der Waals surface area contributed by atoms with E-state index >= 15 is 0 Å². The van der Waals surface area contributed by atoms with Gasteiger partial charge >= 0.3 is 0 Å². The Bertz CT molecular complexity index is 1250. The van der Waals surface area contributed by atoms with Gasteiger partial charge in [0.15, 0.2) is 11.8 Å². The zero-order valence-corrected chi connectivity index (χ0v) is 17.9. The summed E-state index contributed by atoms with van der Waals surface area (Å²) in [5.41, 5.74) is 2.88. The van der Waals surface area contributed by atoms with Crippen LogP contribution in [0.3, 0.4) is 0 Å². The van der Waals surface area contributed by atoms with E-state index in [1.807, 2.05) is 54.1 Å². The highest BCUT2D eigenvalue weighted by atomic mass is 32.2. The lowest BCUT2D eigenvalue weighted by Crippen LogP contribution is -2.20. The van der Waals surface area contributed by atoms with Gasteiger partial charge in [0.1, 0.15) is 23.4 Å². The van der Waals surface area contributed by atoms with Gasteiger partial charge < -0.3 is 19.0 Å². The lowest BCUT2D eigenvalue weighted by molar-refractivity contribution is -0.118. The van der Waals surface area contributed by atoms with Crippen molar-refractivity contribution in [2.75, 3.05) is 11.9 Å². The summed E-state index contributed by atoms with van der Waals surface area (Å²) in [6.07, 6.45) is 6.03. The van der Waals surface area contributed by atoms with Crippen LogP contribution in [0.15, 0.2) is 63.3 Å². The van der Waals surface area contributed by atoms with Gasteiger partial charge in [-0.1, -0.05) is 12.1 Å². The first-order valence-electron chi connectivity index (χ1n) is 10.3. The molecule has 0 saturated carbocycles. The summed E-state index contributed by atoms with van der Waals surface area (Å²) in [6, 6.07) is 13.4. The summed E-state index contributed by atoms with van der Waals surface area (Å²) < 4.78 is 13.6. The smallest absolute Gasteiger partial charge is 0.262 e. The van der Waals surface area contributed by atoms with Gasteiger partial charge in [0.25, 0.3) is 5.91 Å². The van der Waals surface area contributed by atoms with E-state index in [0.717, 1.165) is 39.6 Å². The number of nitrogens with one attached hydrogen (secondary N) is 1. The Balaban J connectivity index is 1.26. The molecule has 1 amide bonds. The number of aryl methyl sites for hydroxylation is 3. The number of fused-ring (bicyclic) bond motifs is 3. The molecule has 8 heteroatoms. The third kappa shape index (κ3) is 4.16. The van der Waals surface area contributed by atoms with E-state index in [2.05, 4.69) is 15.5 Å². The van der Waals surface area contributed by atoms with Gasteiger partial charge in [-0.15, -0.1) is 10.2 Å². The first-order chi connectivity index (χ1) is 15.2. The summed E-state index contributed by atoms with van der Waals surface area (Å²) in [5.74, 6) is 1.53. The molecule has 7 nitrogen and oxygen atoms in total. The Kier molecular flexibility index (Phi) is 5.38. The van der Waals surface area contributed by atoms with Gasteiger partial charge in [-0.05, 0) is 61.4 Å². The fourth-order valence-electron chi connectivity index (χ4n) is 3.79. The molecule has 2 aromatic carbocycles. The minimum absolute atomic E-state index is 0.0749. The molecule has 0 saturated heterocycles. The molecule has 0 atom stereocenters. The maximum absolute atomic E-state index is 12.6. The van der Waals surface area contributed by atoms with Gasteiger partial charge in [-0.2, -0.15) is 0 Å². The topological polar surface area (TPSA) is 82.2 Å². The zero-order chi connectivity index (χ0) is 21.2. The number of carbonyl (C=O) groups excluding carboxylic acids is 1. The highest BCUT2D eigenvalue weighted by molar-refractivity contribution is 7.99. The molecule has 31 heavy (non-hydrogen) atoms. The van der Waals surface area contributed by atoms with E-state index in [1.165, 1.54) is 30.2 Å². The van der Waals surface area contributed by atoms with Crippen LogP contribution in [0.4, 0.5) is 5.69 Å². The molecule has 5 rings (SSSR count). The summed E-state index contributed by atoms with van der Waals surface area (Å²) in [6.45, 7) is -0.0749. The van der Waals surface area contributed by atoms with E-state index in [-0.39, 0.29) is 12.5 Å². The number of rotatable bonds is 6. The number of furan rings is 1. The van der Waals surface area contributed by atoms with Crippen molar-refractivity contribution in [2.45, 2.75) is 35.7 Å². The maximum atomic E-state index is 12.6. The quantitative estimate of drug-likeness (QED) is 0.477. The van der Waals surface area contributed by atoms with Crippen molar-refractivity contribution >= 4 is 34.3 Å². The van der Waals surface area contributed by atoms with Crippen molar-refractivity contribution in [1.82, 2.24) is 14.8 Å². The largest absolute Gasteiger partial charge is 0.484 e. The average Bonchev–Trinajstić information content (AvgIpc) is 3.36. The molecule has 0 bridgehead atoms.